The first kappa shape index (κ1) is 24.5. The van der Waals surface area contributed by atoms with E-state index in [-0.39, 0.29) is 17.2 Å². The number of rotatable bonds is 5. The largest absolute Gasteiger partial charge is 0.355 e. The summed E-state index contributed by atoms with van der Waals surface area (Å²) >= 11 is 0. The van der Waals surface area contributed by atoms with E-state index in [4.69, 9.17) is 0 Å². The molecule has 8 saturated carbocycles. The predicted molar refractivity (Wildman–Crippen MR) is 161 cm³/mol. The third-order valence-electron chi connectivity index (χ3n) is 12.4. The number of hydrogen-bond donors (Lipinski definition) is 3. The lowest BCUT2D eigenvalue weighted by Gasteiger charge is -2.55. The SMILES string of the molecule is O=C(NC1C2CC3CC(C2)CC1C3)c1ccc2[nH]c(-c3ccc(NC(=O)C45CC6CC(CC(C6)C4)C5)cc3)cc2c1. The van der Waals surface area contributed by atoms with Crippen LogP contribution >= 0.6 is 0 Å². The average molecular weight is 548 g/mol. The van der Waals surface area contributed by atoms with E-state index < -0.39 is 0 Å². The molecule has 0 atom stereocenters. The van der Waals surface area contributed by atoms with Crippen LogP contribution in [0.5, 0.6) is 0 Å². The van der Waals surface area contributed by atoms with Crippen molar-refractivity contribution in [2.24, 2.45) is 46.8 Å². The fraction of sp³-hybridized carbons (Fsp3) is 0.556. The van der Waals surface area contributed by atoms with Gasteiger partial charge in [-0.25, -0.2) is 0 Å². The molecule has 41 heavy (non-hydrogen) atoms. The highest BCUT2D eigenvalue weighted by Crippen LogP contribution is 2.60. The molecule has 1 heterocycles. The molecule has 0 unspecified atom stereocenters. The molecule has 1 aromatic heterocycles. The highest BCUT2D eigenvalue weighted by molar-refractivity contribution is 5.99. The summed E-state index contributed by atoms with van der Waals surface area (Å²) in [6.07, 6.45) is 14.0. The van der Waals surface area contributed by atoms with Gasteiger partial charge in [-0.3, -0.25) is 9.59 Å². The van der Waals surface area contributed by atoms with Gasteiger partial charge in [-0.1, -0.05) is 12.1 Å². The zero-order valence-electron chi connectivity index (χ0n) is 23.8. The minimum Gasteiger partial charge on any atom is -0.355 e. The van der Waals surface area contributed by atoms with Crippen LogP contribution in [0.25, 0.3) is 22.2 Å². The number of H-pyrrole nitrogens is 1. The number of amides is 2. The summed E-state index contributed by atoms with van der Waals surface area (Å²) in [5.41, 5.74) is 4.63. The van der Waals surface area contributed by atoms with Gasteiger partial charge in [-0.05, 0) is 154 Å². The van der Waals surface area contributed by atoms with Crippen molar-refractivity contribution < 1.29 is 9.59 Å². The number of carbonyl (C=O) groups is 2. The van der Waals surface area contributed by atoms with Crippen LogP contribution in [0.15, 0.2) is 48.5 Å². The maximum absolute atomic E-state index is 13.5. The second-order valence-electron chi connectivity index (χ2n) is 15.1. The van der Waals surface area contributed by atoms with Crippen molar-refractivity contribution in [3.8, 4) is 11.3 Å². The normalized spacial score (nSPS) is 38.0. The zero-order chi connectivity index (χ0) is 27.3. The van der Waals surface area contributed by atoms with Crippen molar-refractivity contribution in [2.45, 2.75) is 76.7 Å². The maximum Gasteiger partial charge on any atom is 0.251 e. The highest BCUT2D eigenvalue weighted by Gasteiger charge is 2.54. The molecule has 3 N–H and O–H groups in total. The number of benzene rings is 2. The summed E-state index contributed by atoms with van der Waals surface area (Å²) in [6, 6.07) is 16.7. The van der Waals surface area contributed by atoms with Crippen LogP contribution in [-0.2, 0) is 4.79 Å². The lowest BCUT2D eigenvalue weighted by atomic mass is 9.49. The fourth-order valence-electron chi connectivity index (χ4n) is 11.2. The molecule has 8 aliphatic carbocycles. The van der Waals surface area contributed by atoms with Gasteiger partial charge in [0.25, 0.3) is 5.91 Å². The summed E-state index contributed by atoms with van der Waals surface area (Å²) in [5.74, 6) is 5.79. The maximum atomic E-state index is 13.5. The third-order valence-corrected chi connectivity index (χ3v) is 12.4. The fourth-order valence-corrected chi connectivity index (χ4v) is 11.2. The van der Waals surface area contributed by atoms with Gasteiger partial charge >= 0.3 is 0 Å². The Morgan fingerprint density at radius 1 is 0.707 bits per heavy atom. The standard InChI is InChI=1S/C36H41N3O2/c40-34(39-33-28-11-20-7-21(13-28)14-29(33)12-20)26-3-6-31-27(15-26)16-32(38-31)25-1-4-30(5-2-25)37-35(41)36-17-22-8-23(18-36)10-24(9-22)19-36/h1-6,15-16,20-24,28-29,33,38H,7-14,17-19H2,(H,37,41)(H,39,40). The van der Waals surface area contributed by atoms with Crippen molar-refractivity contribution in [2.75, 3.05) is 5.32 Å². The van der Waals surface area contributed by atoms with E-state index >= 15 is 0 Å². The lowest BCUT2D eigenvalue weighted by molar-refractivity contribution is -0.140. The van der Waals surface area contributed by atoms with Crippen LogP contribution in [0.2, 0.25) is 0 Å². The molecular formula is C36H41N3O2. The van der Waals surface area contributed by atoms with Gasteiger partial charge in [0, 0.05) is 33.9 Å². The Hall–Kier alpha value is -3.08. The summed E-state index contributed by atoms with van der Waals surface area (Å²) in [7, 11) is 0. The van der Waals surface area contributed by atoms with Gasteiger partial charge in [0.1, 0.15) is 0 Å². The van der Waals surface area contributed by atoms with E-state index in [1.54, 1.807) is 0 Å². The number of anilines is 1. The number of carbonyl (C=O) groups excluding carboxylic acids is 2. The van der Waals surface area contributed by atoms with Crippen molar-refractivity contribution in [3.05, 3.63) is 54.1 Å². The van der Waals surface area contributed by atoms with Gasteiger partial charge < -0.3 is 15.6 Å². The van der Waals surface area contributed by atoms with E-state index in [2.05, 4.69) is 33.8 Å². The van der Waals surface area contributed by atoms with Crippen LogP contribution in [0.4, 0.5) is 5.69 Å². The van der Waals surface area contributed by atoms with E-state index in [1.807, 2.05) is 30.3 Å². The summed E-state index contributed by atoms with van der Waals surface area (Å²) in [4.78, 5) is 30.3. The number of nitrogens with one attached hydrogen (secondary N) is 3. The van der Waals surface area contributed by atoms with Crippen molar-refractivity contribution in [1.29, 1.82) is 0 Å². The molecular weight excluding hydrogens is 506 g/mol. The highest BCUT2D eigenvalue weighted by atomic mass is 16.2. The van der Waals surface area contributed by atoms with Crippen LogP contribution in [0.1, 0.15) is 81.0 Å². The van der Waals surface area contributed by atoms with Gasteiger partial charge in [0.05, 0.1) is 5.41 Å². The molecule has 11 rings (SSSR count). The Bertz CT molecular complexity index is 1470. The molecule has 0 aliphatic heterocycles. The zero-order valence-corrected chi connectivity index (χ0v) is 23.8. The molecule has 5 heteroatoms. The Balaban J connectivity index is 0.890. The van der Waals surface area contributed by atoms with Crippen molar-refractivity contribution in [1.82, 2.24) is 10.3 Å². The molecule has 5 nitrogen and oxygen atoms in total. The summed E-state index contributed by atoms with van der Waals surface area (Å²) < 4.78 is 0. The van der Waals surface area contributed by atoms with E-state index in [1.165, 1.54) is 51.4 Å². The first-order valence-electron chi connectivity index (χ1n) is 16.3. The predicted octanol–water partition coefficient (Wildman–Crippen LogP) is 7.54. The summed E-state index contributed by atoms with van der Waals surface area (Å²) in [6.45, 7) is 0. The molecule has 3 aromatic rings. The molecule has 2 aromatic carbocycles. The topological polar surface area (TPSA) is 74.0 Å². The van der Waals surface area contributed by atoms with E-state index in [9.17, 15) is 9.59 Å². The van der Waals surface area contributed by atoms with Gasteiger partial charge in [0.2, 0.25) is 5.91 Å². The van der Waals surface area contributed by atoms with Gasteiger partial charge in [-0.15, -0.1) is 0 Å². The van der Waals surface area contributed by atoms with Crippen LogP contribution in [0.3, 0.4) is 0 Å². The van der Waals surface area contributed by atoms with Crippen molar-refractivity contribution >= 4 is 28.4 Å². The third kappa shape index (κ3) is 4.09. The monoisotopic (exact) mass is 547 g/mol. The molecule has 8 bridgehead atoms. The molecule has 8 aliphatic rings. The van der Waals surface area contributed by atoms with Crippen LogP contribution < -0.4 is 10.6 Å². The molecule has 212 valence electrons. The second kappa shape index (κ2) is 8.96. The lowest BCUT2D eigenvalue weighted by Crippen LogP contribution is -2.55. The van der Waals surface area contributed by atoms with E-state index in [0.717, 1.165) is 82.3 Å². The number of aromatic nitrogens is 1. The Labute approximate surface area is 242 Å². The number of aromatic amines is 1. The average Bonchev–Trinajstić information content (AvgIpc) is 3.38. The quantitative estimate of drug-likeness (QED) is 0.309. The first-order chi connectivity index (χ1) is 20.0. The summed E-state index contributed by atoms with van der Waals surface area (Å²) in [5, 5.41) is 7.80. The number of hydrogen-bond acceptors (Lipinski definition) is 2. The molecule has 0 radical (unpaired) electrons. The smallest absolute Gasteiger partial charge is 0.251 e. The van der Waals surface area contributed by atoms with E-state index in [0.29, 0.717) is 17.9 Å². The van der Waals surface area contributed by atoms with Gasteiger partial charge in [0.15, 0.2) is 0 Å². The molecule has 2 amide bonds. The van der Waals surface area contributed by atoms with Crippen LogP contribution in [0, 0.1) is 46.8 Å². The minimum atomic E-state index is -0.134. The Kier molecular flexibility index (Phi) is 5.36. The van der Waals surface area contributed by atoms with Gasteiger partial charge in [-0.2, -0.15) is 0 Å². The molecule has 0 spiro atoms. The van der Waals surface area contributed by atoms with Crippen molar-refractivity contribution in [3.63, 3.8) is 0 Å². The molecule has 0 saturated heterocycles. The first-order valence-corrected chi connectivity index (χ1v) is 16.3. The minimum absolute atomic E-state index is 0.0752. The molecule has 8 fully saturated rings. The Morgan fingerprint density at radius 3 is 1.95 bits per heavy atom. The van der Waals surface area contributed by atoms with Crippen LogP contribution in [-0.4, -0.2) is 22.8 Å². The second-order valence-corrected chi connectivity index (χ2v) is 15.1. The Morgan fingerprint density at radius 2 is 1.32 bits per heavy atom. The number of fused-ring (bicyclic) bond motifs is 1.